The van der Waals surface area contributed by atoms with Gasteiger partial charge in [0.25, 0.3) is 0 Å². The summed E-state index contributed by atoms with van der Waals surface area (Å²) < 4.78 is 31.7. The normalized spacial score (nSPS) is 16.8. The molecule has 0 bridgehead atoms. The van der Waals surface area contributed by atoms with Gasteiger partial charge in [0.15, 0.2) is 0 Å². The van der Waals surface area contributed by atoms with Crippen molar-refractivity contribution >= 4 is 10.0 Å². The van der Waals surface area contributed by atoms with Gasteiger partial charge >= 0.3 is 0 Å². The topological polar surface area (TPSA) is 95.3 Å². The molecule has 8 heteroatoms. The summed E-state index contributed by atoms with van der Waals surface area (Å²) in [5, 5.41) is 8.62. The maximum atomic E-state index is 12.0. The van der Waals surface area contributed by atoms with Gasteiger partial charge in [-0.05, 0) is 12.1 Å². The van der Waals surface area contributed by atoms with Crippen molar-refractivity contribution < 1.29 is 13.2 Å². The van der Waals surface area contributed by atoms with Crippen molar-refractivity contribution in [2.24, 2.45) is 0 Å². The van der Waals surface area contributed by atoms with Crippen molar-refractivity contribution in [3.05, 3.63) is 24.0 Å². The number of rotatable bonds is 5. The van der Waals surface area contributed by atoms with Crippen LogP contribution in [0.4, 0.5) is 0 Å². The maximum absolute atomic E-state index is 12.0. The molecule has 1 aromatic rings. The summed E-state index contributed by atoms with van der Waals surface area (Å²) in [6, 6.07) is 4.61. The third-order valence-corrected chi connectivity index (χ3v) is 4.43. The van der Waals surface area contributed by atoms with Crippen molar-refractivity contribution in [1.29, 1.82) is 5.26 Å². The van der Waals surface area contributed by atoms with Crippen molar-refractivity contribution in [2.45, 2.75) is 4.90 Å². The fraction of sp³-hybridized carbons (Fsp3) is 0.500. The van der Waals surface area contributed by atoms with E-state index in [0.717, 1.165) is 13.1 Å². The van der Waals surface area contributed by atoms with E-state index < -0.39 is 10.0 Å². The van der Waals surface area contributed by atoms with Crippen LogP contribution in [0.3, 0.4) is 0 Å². The number of nitrogens with zero attached hydrogens (tertiary/aromatic N) is 3. The Bertz CT molecular complexity index is 574. The highest BCUT2D eigenvalue weighted by atomic mass is 32.2. The van der Waals surface area contributed by atoms with Crippen LogP contribution in [0.25, 0.3) is 0 Å². The minimum Gasteiger partial charge on any atom is -0.379 e. The molecule has 0 saturated carbocycles. The summed E-state index contributed by atoms with van der Waals surface area (Å²) in [6.07, 6.45) is 1.19. The van der Waals surface area contributed by atoms with E-state index in [1.54, 1.807) is 0 Å². The van der Waals surface area contributed by atoms with Crippen LogP contribution < -0.4 is 4.72 Å². The molecule has 0 amide bonds. The molecular formula is C12H16N4O3S. The Morgan fingerprint density at radius 3 is 2.75 bits per heavy atom. The van der Waals surface area contributed by atoms with E-state index in [0.29, 0.717) is 26.3 Å². The highest BCUT2D eigenvalue weighted by Crippen LogP contribution is 2.07. The molecule has 1 aliphatic heterocycles. The molecule has 0 aromatic carbocycles. The Balaban J connectivity index is 1.88. The van der Waals surface area contributed by atoms with Gasteiger partial charge in [-0.25, -0.2) is 18.1 Å². The predicted molar refractivity (Wildman–Crippen MR) is 71.4 cm³/mol. The molecule has 1 saturated heterocycles. The Labute approximate surface area is 118 Å². The molecule has 0 unspecified atom stereocenters. The van der Waals surface area contributed by atoms with Gasteiger partial charge in [-0.15, -0.1) is 0 Å². The van der Waals surface area contributed by atoms with Crippen LogP contribution in [0, 0.1) is 11.3 Å². The fourth-order valence-electron chi connectivity index (χ4n) is 1.85. The first-order valence-electron chi connectivity index (χ1n) is 6.28. The first-order valence-corrected chi connectivity index (χ1v) is 7.76. The minimum atomic E-state index is -3.57. The lowest BCUT2D eigenvalue weighted by molar-refractivity contribution is 0.0390. The molecule has 7 nitrogen and oxygen atoms in total. The van der Waals surface area contributed by atoms with Crippen LogP contribution >= 0.6 is 0 Å². The molecule has 1 fully saturated rings. The van der Waals surface area contributed by atoms with Gasteiger partial charge in [-0.1, -0.05) is 0 Å². The molecular weight excluding hydrogens is 280 g/mol. The molecule has 2 rings (SSSR count). The molecule has 108 valence electrons. The number of hydrogen-bond donors (Lipinski definition) is 1. The van der Waals surface area contributed by atoms with Gasteiger partial charge in [0.2, 0.25) is 10.0 Å². The van der Waals surface area contributed by atoms with Gasteiger partial charge in [0.1, 0.15) is 16.7 Å². The van der Waals surface area contributed by atoms with Crippen LogP contribution in [-0.4, -0.2) is 57.7 Å². The van der Waals surface area contributed by atoms with Crippen LogP contribution in [0.15, 0.2) is 23.2 Å². The van der Waals surface area contributed by atoms with Gasteiger partial charge in [0, 0.05) is 32.4 Å². The maximum Gasteiger partial charge on any atom is 0.242 e. The molecule has 1 N–H and O–H groups in total. The van der Waals surface area contributed by atoms with Crippen molar-refractivity contribution in [3.8, 4) is 6.07 Å². The zero-order chi connectivity index (χ0) is 14.4. The molecule has 0 aliphatic carbocycles. The number of nitriles is 1. The SMILES string of the molecule is N#Cc1ccc(S(=O)(=O)NCCN2CCOCC2)cn1. The third-order valence-electron chi connectivity index (χ3n) is 2.99. The zero-order valence-corrected chi connectivity index (χ0v) is 11.8. The smallest absolute Gasteiger partial charge is 0.242 e. The second kappa shape index (κ2) is 6.76. The highest BCUT2D eigenvalue weighted by molar-refractivity contribution is 7.89. The monoisotopic (exact) mass is 296 g/mol. The van der Waals surface area contributed by atoms with Gasteiger partial charge in [-0.3, -0.25) is 4.90 Å². The van der Waals surface area contributed by atoms with Gasteiger partial charge < -0.3 is 4.74 Å². The van der Waals surface area contributed by atoms with Crippen molar-refractivity contribution in [3.63, 3.8) is 0 Å². The number of pyridine rings is 1. The number of ether oxygens (including phenoxy) is 1. The molecule has 2 heterocycles. The summed E-state index contributed by atoms with van der Waals surface area (Å²) in [5.74, 6) is 0. The van der Waals surface area contributed by atoms with Crippen molar-refractivity contribution in [2.75, 3.05) is 39.4 Å². The Kier molecular flexibility index (Phi) is 5.03. The third kappa shape index (κ3) is 3.98. The lowest BCUT2D eigenvalue weighted by atomic mass is 10.4. The fourth-order valence-corrected chi connectivity index (χ4v) is 2.82. The summed E-state index contributed by atoms with van der Waals surface area (Å²) in [7, 11) is -3.57. The van der Waals surface area contributed by atoms with E-state index in [1.807, 2.05) is 6.07 Å². The number of nitrogens with one attached hydrogen (secondary N) is 1. The van der Waals surface area contributed by atoms with Gasteiger partial charge in [-0.2, -0.15) is 5.26 Å². The van der Waals surface area contributed by atoms with Crippen LogP contribution in [0.5, 0.6) is 0 Å². The average Bonchev–Trinajstić information content (AvgIpc) is 2.48. The zero-order valence-electron chi connectivity index (χ0n) is 10.9. The molecule has 1 aromatic heterocycles. The largest absolute Gasteiger partial charge is 0.379 e. The van der Waals surface area contributed by atoms with E-state index in [4.69, 9.17) is 10.00 Å². The average molecular weight is 296 g/mol. The Morgan fingerprint density at radius 2 is 2.15 bits per heavy atom. The first kappa shape index (κ1) is 14.9. The van der Waals surface area contributed by atoms with Crippen LogP contribution in [-0.2, 0) is 14.8 Å². The second-order valence-electron chi connectivity index (χ2n) is 4.34. The summed E-state index contributed by atoms with van der Waals surface area (Å²) in [4.78, 5) is 5.96. The summed E-state index contributed by atoms with van der Waals surface area (Å²) in [5.41, 5.74) is 0.192. The van der Waals surface area contributed by atoms with E-state index in [1.165, 1.54) is 18.3 Å². The first-order chi connectivity index (χ1) is 9.62. The standard InChI is InChI=1S/C12H16N4O3S/c13-9-11-1-2-12(10-14-11)20(17,18)15-3-4-16-5-7-19-8-6-16/h1-2,10,15H,3-8H2. The summed E-state index contributed by atoms with van der Waals surface area (Å²) in [6.45, 7) is 3.99. The Morgan fingerprint density at radius 1 is 1.40 bits per heavy atom. The quantitative estimate of drug-likeness (QED) is 0.792. The molecule has 20 heavy (non-hydrogen) atoms. The van der Waals surface area contributed by atoms with E-state index in [2.05, 4.69) is 14.6 Å². The Hall–Kier alpha value is -1.53. The number of hydrogen-bond acceptors (Lipinski definition) is 6. The molecule has 0 spiro atoms. The van der Waals surface area contributed by atoms with Crippen LogP contribution in [0.1, 0.15) is 5.69 Å². The number of morpholine rings is 1. The van der Waals surface area contributed by atoms with E-state index in [-0.39, 0.29) is 10.6 Å². The lowest BCUT2D eigenvalue weighted by Gasteiger charge is -2.26. The second-order valence-corrected chi connectivity index (χ2v) is 6.11. The summed E-state index contributed by atoms with van der Waals surface area (Å²) >= 11 is 0. The minimum absolute atomic E-state index is 0.0680. The highest BCUT2D eigenvalue weighted by Gasteiger charge is 2.15. The van der Waals surface area contributed by atoms with E-state index >= 15 is 0 Å². The number of aromatic nitrogens is 1. The molecule has 0 radical (unpaired) electrons. The van der Waals surface area contributed by atoms with Crippen molar-refractivity contribution in [1.82, 2.24) is 14.6 Å². The predicted octanol–water partition coefficient (Wildman–Crippen LogP) is -0.436. The van der Waals surface area contributed by atoms with Gasteiger partial charge in [0.05, 0.1) is 13.2 Å². The van der Waals surface area contributed by atoms with E-state index in [9.17, 15) is 8.42 Å². The lowest BCUT2D eigenvalue weighted by Crippen LogP contribution is -2.41. The number of sulfonamides is 1. The van der Waals surface area contributed by atoms with Crippen LogP contribution in [0.2, 0.25) is 0 Å². The molecule has 0 atom stereocenters. The molecule has 1 aliphatic rings.